The van der Waals surface area contributed by atoms with Gasteiger partial charge in [-0.2, -0.15) is 0 Å². The first-order chi connectivity index (χ1) is 11.9. The SMILES string of the molecule is CCCCNC(=O)CCN(c1ccc(N2CCCC2)cc1)S(C)(=O)=O. The Morgan fingerprint density at radius 2 is 1.84 bits per heavy atom. The number of nitrogens with one attached hydrogen (secondary N) is 1. The maximum absolute atomic E-state index is 12.1. The van der Waals surface area contributed by atoms with E-state index >= 15 is 0 Å². The van der Waals surface area contributed by atoms with Crippen molar-refractivity contribution >= 4 is 27.3 Å². The average molecular weight is 368 g/mol. The molecule has 1 amide bonds. The highest BCUT2D eigenvalue weighted by Crippen LogP contribution is 2.25. The Kier molecular flexibility index (Phi) is 7.11. The number of rotatable bonds is 9. The van der Waals surface area contributed by atoms with Gasteiger partial charge in [0, 0.05) is 38.3 Å². The van der Waals surface area contributed by atoms with E-state index in [1.807, 2.05) is 24.3 Å². The van der Waals surface area contributed by atoms with Crippen LogP contribution in [-0.4, -0.2) is 46.8 Å². The van der Waals surface area contributed by atoms with Crippen LogP contribution in [-0.2, 0) is 14.8 Å². The zero-order valence-electron chi connectivity index (χ0n) is 15.2. The van der Waals surface area contributed by atoms with Crippen molar-refractivity contribution in [3.63, 3.8) is 0 Å². The molecule has 0 spiro atoms. The number of hydrogen-bond acceptors (Lipinski definition) is 4. The molecule has 1 aromatic rings. The van der Waals surface area contributed by atoms with Crippen molar-refractivity contribution in [2.45, 2.75) is 39.0 Å². The molecule has 2 rings (SSSR count). The molecule has 7 heteroatoms. The van der Waals surface area contributed by atoms with Crippen molar-refractivity contribution in [3.05, 3.63) is 24.3 Å². The highest BCUT2D eigenvalue weighted by Gasteiger charge is 2.19. The molecule has 0 unspecified atom stereocenters. The van der Waals surface area contributed by atoms with Crippen LogP contribution in [0.15, 0.2) is 24.3 Å². The van der Waals surface area contributed by atoms with Gasteiger partial charge < -0.3 is 10.2 Å². The molecule has 1 fully saturated rings. The first-order valence-corrected chi connectivity index (χ1v) is 10.9. The molecule has 1 aromatic carbocycles. The number of amides is 1. The molecule has 25 heavy (non-hydrogen) atoms. The van der Waals surface area contributed by atoms with E-state index in [2.05, 4.69) is 17.1 Å². The van der Waals surface area contributed by atoms with Gasteiger partial charge in [-0.25, -0.2) is 8.42 Å². The summed E-state index contributed by atoms with van der Waals surface area (Å²) in [5.41, 5.74) is 1.72. The van der Waals surface area contributed by atoms with Crippen molar-refractivity contribution in [1.29, 1.82) is 0 Å². The Balaban J connectivity index is 2.01. The van der Waals surface area contributed by atoms with Gasteiger partial charge in [0.2, 0.25) is 15.9 Å². The summed E-state index contributed by atoms with van der Waals surface area (Å²) < 4.78 is 25.6. The van der Waals surface area contributed by atoms with E-state index < -0.39 is 10.0 Å². The predicted molar refractivity (Wildman–Crippen MR) is 103 cm³/mol. The summed E-state index contributed by atoms with van der Waals surface area (Å²) in [7, 11) is -3.43. The summed E-state index contributed by atoms with van der Waals surface area (Å²) >= 11 is 0. The topological polar surface area (TPSA) is 69.7 Å². The van der Waals surface area contributed by atoms with Gasteiger partial charge in [0.1, 0.15) is 0 Å². The monoisotopic (exact) mass is 367 g/mol. The second kappa shape index (κ2) is 9.08. The Morgan fingerprint density at radius 3 is 2.40 bits per heavy atom. The lowest BCUT2D eigenvalue weighted by atomic mass is 10.2. The number of unbranched alkanes of at least 4 members (excludes halogenated alkanes) is 1. The number of carbonyl (C=O) groups excluding carboxylic acids is 1. The van der Waals surface area contributed by atoms with E-state index in [-0.39, 0.29) is 18.9 Å². The summed E-state index contributed by atoms with van der Waals surface area (Å²) in [6.45, 7) is 4.95. The van der Waals surface area contributed by atoms with E-state index in [4.69, 9.17) is 0 Å². The predicted octanol–water partition coefficient (Wildman–Crippen LogP) is 2.36. The van der Waals surface area contributed by atoms with Crippen molar-refractivity contribution in [1.82, 2.24) is 5.32 Å². The smallest absolute Gasteiger partial charge is 0.232 e. The van der Waals surface area contributed by atoms with Crippen molar-refractivity contribution < 1.29 is 13.2 Å². The molecule has 1 heterocycles. The largest absolute Gasteiger partial charge is 0.372 e. The third-order valence-electron chi connectivity index (χ3n) is 4.40. The van der Waals surface area contributed by atoms with Gasteiger partial charge >= 0.3 is 0 Å². The van der Waals surface area contributed by atoms with Crippen LogP contribution in [0.25, 0.3) is 0 Å². The second-order valence-electron chi connectivity index (χ2n) is 6.50. The van der Waals surface area contributed by atoms with E-state index in [1.165, 1.54) is 23.4 Å². The van der Waals surface area contributed by atoms with Gasteiger partial charge in [-0.15, -0.1) is 0 Å². The van der Waals surface area contributed by atoms with Gasteiger partial charge in [-0.1, -0.05) is 13.3 Å². The first-order valence-electron chi connectivity index (χ1n) is 9.01. The summed E-state index contributed by atoms with van der Waals surface area (Å²) in [6, 6.07) is 7.56. The van der Waals surface area contributed by atoms with Gasteiger partial charge in [-0.3, -0.25) is 9.10 Å². The number of carbonyl (C=O) groups is 1. The van der Waals surface area contributed by atoms with E-state index in [0.717, 1.165) is 31.6 Å². The van der Waals surface area contributed by atoms with Crippen LogP contribution in [0, 0.1) is 0 Å². The lowest BCUT2D eigenvalue weighted by molar-refractivity contribution is -0.120. The molecule has 0 aromatic heterocycles. The van der Waals surface area contributed by atoms with Crippen LogP contribution < -0.4 is 14.5 Å². The number of hydrogen-bond donors (Lipinski definition) is 1. The Morgan fingerprint density at radius 1 is 1.20 bits per heavy atom. The number of anilines is 2. The molecule has 0 saturated carbocycles. The van der Waals surface area contributed by atoms with Crippen molar-refractivity contribution in [2.24, 2.45) is 0 Å². The minimum atomic E-state index is -3.43. The molecule has 0 bridgehead atoms. The lowest BCUT2D eigenvalue weighted by Crippen LogP contribution is -2.35. The summed E-state index contributed by atoms with van der Waals surface area (Å²) in [5, 5.41) is 2.82. The van der Waals surface area contributed by atoms with Gasteiger partial charge in [-0.05, 0) is 43.5 Å². The van der Waals surface area contributed by atoms with Crippen LogP contribution in [0.3, 0.4) is 0 Å². The maximum Gasteiger partial charge on any atom is 0.232 e. The molecule has 1 N–H and O–H groups in total. The molecule has 0 atom stereocenters. The normalized spacial score (nSPS) is 14.6. The molecular formula is C18H29N3O3S. The van der Waals surface area contributed by atoms with Crippen molar-refractivity contribution in [2.75, 3.05) is 41.6 Å². The quantitative estimate of drug-likeness (QED) is 0.680. The van der Waals surface area contributed by atoms with Gasteiger partial charge in [0.15, 0.2) is 0 Å². The third-order valence-corrected chi connectivity index (χ3v) is 5.60. The van der Waals surface area contributed by atoms with Crippen LogP contribution >= 0.6 is 0 Å². The fourth-order valence-electron chi connectivity index (χ4n) is 2.99. The first kappa shape index (κ1) is 19.6. The van der Waals surface area contributed by atoms with E-state index in [0.29, 0.717) is 12.2 Å². The van der Waals surface area contributed by atoms with Crippen LogP contribution in [0.5, 0.6) is 0 Å². The zero-order chi connectivity index (χ0) is 18.3. The number of sulfonamides is 1. The number of benzene rings is 1. The summed E-state index contributed by atoms with van der Waals surface area (Å²) in [6.07, 6.45) is 5.67. The Labute approximate surface area is 151 Å². The van der Waals surface area contributed by atoms with Gasteiger partial charge in [0.05, 0.1) is 11.9 Å². The summed E-state index contributed by atoms with van der Waals surface area (Å²) in [4.78, 5) is 14.2. The number of nitrogens with zero attached hydrogens (tertiary/aromatic N) is 2. The summed E-state index contributed by atoms with van der Waals surface area (Å²) in [5.74, 6) is -0.115. The molecular weight excluding hydrogens is 338 g/mol. The molecule has 1 aliphatic rings. The minimum absolute atomic E-state index is 0.115. The lowest BCUT2D eigenvalue weighted by Gasteiger charge is -2.24. The zero-order valence-corrected chi connectivity index (χ0v) is 16.0. The van der Waals surface area contributed by atoms with Gasteiger partial charge in [0.25, 0.3) is 0 Å². The molecule has 0 radical (unpaired) electrons. The molecule has 6 nitrogen and oxygen atoms in total. The van der Waals surface area contributed by atoms with E-state index in [1.54, 1.807) is 0 Å². The molecule has 1 aliphatic heterocycles. The second-order valence-corrected chi connectivity index (χ2v) is 8.41. The van der Waals surface area contributed by atoms with Crippen LogP contribution in [0.2, 0.25) is 0 Å². The fraction of sp³-hybridized carbons (Fsp3) is 0.611. The standard InChI is InChI=1S/C18H29N3O3S/c1-3-4-12-19-18(22)11-15-21(25(2,23)24)17-9-7-16(8-10-17)20-13-5-6-14-20/h7-10H,3-6,11-15H2,1-2H3,(H,19,22). The maximum atomic E-state index is 12.1. The highest BCUT2D eigenvalue weighted by atomic mass is 32.2. The third kappa shape index (κ3) is 5.92. The van der Waals surface area contributed by atoms with Crippen molar-refractivity contribution in [3.8, 4) is 0 Å². The fourth-order valence-corrected chi connectivity index (χ4v) is 3.92. The Hall–Kier alpha value is -1.76. The highest BCUT2D eigenvalue weighted by molar-refractivity contribution is 7.92. The minimum Gasteiger partial charge on any atom is -0.372 e. The average Bonchev–Trinajstić information content (AvgIpc) is 3.09. The van der Waals surface area contributed by atoms with E-state index in [9.17, 15) is 13.2 Å². The van der Waals surface area contributed by atoms with Crippen LogP contribution in [0.1, 0.15) is 39.0 Å². The van der Waals surface area contributed by atoms with Crippen LogP contribution in [0.4, 0.5) is 11.4 Å². The molecule has 140 valence electrons. The molecule has 0 aliphatic carbocycles. The molecule has 1 saturated heterocycles. The Bertz CT molecular complexity index is 653.